The Morgan fingerprint density at radius 1 is 1.10 bits per heavy atom. The van der Waals surface area contributed by atoms with E-state index in [0.29, 0.717) is 19.5 Å². The molecule has 21 heavy (non-hydrogen) atoms. The van der Waals surface area contributed by atoms with Crippen molar-refractivity contribution in [2.75, 3.05) is 19.7 Å². The Morgan fingerprint density at radius 2 is 1.81 bits per heavy atom. The molecule has 0 aromatic heterocycles. The van der Waals surface area contributed by atoms with Gasteiger partial charge in [0.25, 0.3) is 0 Å². The highest BCUT2D eigenvalue weighted by atomic mass is 16.4. The van der Waals surface area contributed by atoms with Crippen molar-refractivity contribution in [2.45, 2.75) is 57.5 Å². The average molecular weight is 298 g/mol. The molecule has 0 saturated carbocycles. The first-order chi connectivity index (χ1) is 10.1. The third-order valence-electron chi connectivity index (χ3n) is 4.77. The predicted molar refractivity (Wildman–Crippen MR) is 78.0 cm³/mol. The van der Waals surface area contributed by atoms with Crippen LogP contribution in [0.5, 0.6) is 0 Å². The summed E-state index contributed by atoms with van der Waals surface area (Å²) in [4.78, 5) is 27.6. The number of hydrogen-bond donors (Lipinski definition) is 2. The third kappa shape index (κ3) is 3.48. The van der Waals surface area contributed by atoms with E-state index in [4.69, 9.17) is 5.11 Å². The van der Waals surface area contributed by atoms with Crippen molar-refractivity contribution in [2.24, 2.45) is 5.92 Å². The van der Waals surface area contributed by atoms with Crippen molar-refractivity contribution in [1.82, 2.24) is 9.80 Å². The van der Waals surface area contributed by atoms with Crippen LogP contribution in [0, 0.1) is 5.92 Å². The molecule has 0 spiro atoms. The fraction of sp³-hybridized carbons (Fsp3) is 0.867. The van der Waals surface area contributed by atoms with Gasteiger partial charge in [-0.2, -0.15) is 0 Å². The molecule has 6 nitrogen and oxygen atoms in total. The standard InChI is InChI=1S/C15H26N2O4/c1-11-5-4-9-17(13(11)14(19)20)15(21)16-8-3-2-6-12(16)7-10-18/h11-13,18H,2-10H2,1H3,(H,19,20). The topological polar surface area (TPSA) is 81.1 Å². The molecular weight excluding hydrogens is 272 g/mol. The molecule has 6 heteroatoms. The van der Waals surface area contributed by atoms with Gasteiger partial charge in [-0.05, 0) is 44.4 Å². The van der Waals surface area contributed by atoms with Crippen molar-refractivity contribution in [3.8, 4) is 0 Å². The molecule has 2 amide bonds. The van der Waals surface area contributed by atoms with Crippen molar-refractivity contribution in [1.29, 1.82) is 0 Å². The summed E-state index contributed by atoms with van der Waals surface area (Å²) in [5, 5.41) is 18.6. The highest BCUT2D eigenvalue weighted by Gasteiger charge is 2.40. The molecule has 0 aromatic carbocycles. The van der Waals surface area contributed by atoms with E-state index < -0.39 is 12.0 Å². The van der Waals surface area contributed by atoms with E-state index in [1.807, 2.05) is 6.92 Å². The number of carboxylic acid groups (broad SMARTS) is 1. The molecule has 2 saturated heterocycles. The van der Waals surface area contributed by atoms with Crippen LogP contribution < -0.4 is 0 Å². The van der Waals surface area contributed by atoms with Crippen LogP contribution >= 0.6 is 0 Å². The van der Waals surface area contributed by atoms with Crippen LogP contribution in [-0.4, -0.2) is 63.8 Å². The third-order valence-corrected chi connectivity index (χ3v) is 4.77. The summed E-state index contributed by atoms with van der Waals surface area (Å²) in [7, 11) is 0. The van der Waals surface area contributed by atoms with Crippen LogP contribution in [0.4, 0.5) is 4.79 Å². The van der Waals surface area contributed by atoms with Gasteiger partial charge in [0, 0.05) is 25.7 Å². The molecule has 2 N–H and O–H groups in total. The number of likely N-dealkylation sites (tertiary alicyclic amines) is 2. The van der Waals surface area contributed by atoms with Crippen LogP contribution in [0.15, 0.2) is 0 Å². The smallest absolute Gasteiger partial charge is 0.326 e. The Labute approximate surface area is 125 Å². The van der Waals surface area contributed by atoms with E-state index in [2.05, 4.69) is 0 Å². The minimum absolute atomic E-state index is 0.0127. The van der Waals surface area contributed by atoms with E-state index >= 15 is 0 Å². The van der Waals surface area contributed by atoms with Crippen LogP contribution in [0.3, 0.4) is 0 Å². The first-order valence-corrected chi connectivity index (χ1v) is 7.97. The number of piperidine rings is 2. The highest BCUT2D eigenvalue weighted by Crippen LogP contribution is 2.27. The summed E-state index contributed by atoms with van der Waals surface area (Å²) in [6.07, 6.45) is 5.19. The monoisotopic (exact) mass is 298 g/mol. The van der Waals surface area contributed by atoms with E-state index in [1.165, 1.54) is 4.90 Å². The van der Waals surface area contributed by atoms with Crippen LogP contribution in [0.25, 0.3) is 0 Å². The lowest BCUT2D eigenvalue weighted by molar-refractivity contribution is -0.145. The molecule has 2 aliphatic rings. The summed E-state index contributed by atoms with van der Waals surface area (Å²) < 4.78 is 0. The number of rotatable bonds is 3. The predicted octanol–water partition coefficient (Wildman–Crippen LogP) is 1.53. The Bertz CT molecular complexity index is 386. The van der Waals surface area contributed by atoms with Crippen LogP contribution in [0.2, 0.25) is 0 Å². The first kappa shape index (κ1) is 16.1. The Morgan fingerprint density at radius 3 is 2.48 bits per heavy atom. The Hall–Kier alpha value is -1.30. The van der Waals surface area contributed by atoms with Crippen molar-refractivity contribution >= 4 is 12.0 Å². The van der Waals surface area contributed by atoms with Gasteiger partial charge in [-0.3, -0.25) is 0 Å². The maximum absolute atomic E-state index is 12.8. The van der Waals surface area contributed by atoms with E-state index in [0.717, 1.165) is 32.1 Å². The van der Waals surface area contributed by atoms with Gasteiger partial charge in [0.15, 0.2) is 0 Å². The molecule has 0 bridgehead atoms. The second-order valence-corrected chi connectivity index (χ2v) is 6.23. The van der Waals surface area contributed by atoms with E-state index in [-0.39, 0.29) is 24.6 Å². The van der Waals surface area contributed by atoms with Gasteiger partial charge >= 0.3 is 12.0 Å². The number of hydrogen-bond acceptors (Lipinski definition) is 3. The number of carbonyl (C=O) groups is 2. The summed E-state index contributed by atoms with van der Waals surface area (Å²) in [6.45, 7) is 3.15. The molecule has 2 rings (SSSR count). The van der Waals surface area contributed by atoms with Gasteiger partial charge in [-0.15, -0.1) is 0 Å². The van der Waals surface area contributed by atoms with Crippen LogP contribution in [-0.2, 0) is 4.79 Å². The van der Waals surface area contributed by atoms with Gasteiger partial charge < -0.3 is 20.0 Å². The van der Waals surface area contributed by atoms with Crippen molar-refractivity contribution in [3.05, 3.63) is 0 Å². The van der Waals surface area contributed by atoms with E-state index in [9.17, 15) is 14.7 Å². The number of amides is 2. The fourth-order valence-electron chi connectivity index (χ4n) is 3.65. The number of aliphatic hydroxyl groups is 1. The minimum Gasteiger partial charge on any atom is -0.480 e. The summed E-state index contributed by atoms with van der Waals surface area (Å²) >= 11 is 0. The molecule has 120 valence electrons. The fourth-order valence-corrected chi connectivity index (χ4v) is 3.65. The lowest BCUT2D eigenvalue weighted by Gasteiger charge is -2.43. The molecule has 2 heterocycles. The molecule has 0 radical (unpaired) electrons. The molecule has 3 unspecified atom stereocenters. The maximum Gasteiger partial charge on any atom is 0.326 e. The molecule has 0 aromatic rings. The molecule has 0 aliphatic carbocycles. The Kier molecular flexibility index (Phi) is 5.45. The zero-order chi connectivity index (χ0) is 15.4. The molecule has 2 fully saturated rings. The molecule has 2 aliphatic heterocycles. The second kappa shape index (κ2) is 7.11. The number of urea groups is 1. The summed E-state index contributed by atoms with van der Waals surface area (Å²) in [6, 6.07) is -0.835. The zero-order valence-corrected chi connectivity index (χ0v) is 12.7. The number of aliphatic hydroxyl groups excluding tert-OH is 1. The van der Waals surface area contributed by atoms with Gasteiger partial charge in [0.2, 0.25) is 0 Å². The normalized spacial score (nSPS) is 30.3. The SMILES string of the molecule is CC1CCCN(C(=O)N2CCCCC2CCO)C1C(=O)O. The average Bonchev–Trinajstić information content (AvgIpc) is 2.47. The Balaban J connectivity index is 2.13. The summed E-state index contributed by atoms with van der Waals surface area (Å²) in [5.41, 5.74) is 0. The van der Waals surface area contributed by atoms with E-state index in [1.54, 1.807) is 4.90 Å². The van der Waals surface area contributed by atoms with Gasteiger partial charge in [-0.1, -0.05) is 6.92 Å². The largest absolute Gasteiger partial charge is 0.480 e. The quantitative estimate of drug-likeness (QED) is 0.828. The number of carbonyl (C=O) groups excluding carboxylic acids is 1. The maximum atomic E-state index is 12.8. The second-order valence-electron chi connectivity index (χ2n) is 6.23. The first-order valence-electron chi connectivity index (χ1n) is 7.97. The lowest BCUT2D eigenvalue weighted by Crippen LogP contribution is -2.58. The minimum atomic E-state index is -0.911. The lowest BCUT2D eigenvalue weighted by atomic mass is 9.90. The number of carboxylic acids is 1. The summed E-state index contributed by atoms with van der Waals surface area (Å²) in [5.74, 6) is -0.924. The van der Waals surface area contributed by atoms with Gasteiger partial charge in [-0.25, -0.2) is 9.59 Å². The molecular formula is C15H26N2O4. The molecule has 3 atom stereocenters. The van der Waals surface area contributed by atoms with Crippen molar-refractivity contribution in [3.63, 3.8) is 0 Å². The van der Waals surface area contributed by atoms with Crippen LogP contribution in [0.1, 0.15) is 45.4 Å². The van der Waals surface area contributed by atoms with Crippen molar-refractivity contribution < 1.29 is 19.8 Å². The van der Waals surface area contributed by atoms with Gasteiger partial charge in [0.05, 0.1) is 0 Å². The highest BCUT2D eigenvalue weighted by molar-refractivity contribution is 5.83. The number of nitrogens with zero attached hydrogens (tertiary/aromatic N) is 2. The number of aliphatic carboxylic acids is 1. The zero-order valence-electron chi connectivity index (χ0n) is 12.7. The van der Waals surface area contributed by atoms with Gasteiger partial charge in [0.1, 0.15) is 6.04 Å².